The van der Waals surface area contributed by atoms with Gasteiger partial charge in [0.05, 0.1) is 17.4 Å². The Morgan fingerprint density at radius 1 is 1.45 bits per heavy atom. The average molecular weight is 289 g/mol. The maximum atomic E-state index is 4.62. The highest BCUT2D eigenvalue weighted by molar-refractivity contribution is 7.17. The van der Waals surface area contributed by atoms with E-state index in [0.29, 0.717) is 0 Å². The first-order chi connectivity index (χ1) is 9.69. The number of nitrogens with one attached hydrogen (secondary N) is 2. The molecule has 0 aliphatic rings. The number of imidazole rings is 2. The summed E-state index contributed by atoms with van der Waals surface area (Å²) < 4.78 is 2.19. The lowest BCUT2D eigenvalue weighted by atomic mass is 10.2. The molecule has 0 aliphatic heterocycles. The molecule has 6 heteroatoms. The van der Waals surface area contributed by atoms with E-state index >= 15 is 0 Å². The molecule has 3 heterocycles. The normalized spacial score (nSPS) is 13.2. The van der Waals surface area contributed by atoms with Crippen LogP contribution in [0.1, 0.15) is 41.5 Å². The molecule has 0 radical (unpaired) electrons. The number of fused-ring (bicyclic) bond motifs is 1. The molecule has 0 fully saturated rings. The van der Waals surface area contributed by atoms with Crippen LogP contribution in [0.3, 0.4) is 0 Å². The molecule has 0 spiro atoms. The largest absolute Gasteiger partial charge is 0.347 e. The van der Waals surface area contributed by atoms with Gasteiger partial charge in [-0.1, -0.05) is 6.92 Å². The standard InChI is InChI=1S/C14H19N5S/c1-4-11(13-15-5-6-16-13)17-7-12-10(3)18-14-19(12)8-9(2)20-14/h5-6,8,11,17H,4,7H2,1-3H3,(H,15,16). The van der Waals surface area contributed by atoms with Crippen LogP contribution in [0, 0.1) is 13.8 Å². The Balaban J connectivity index is 1.80. The van der Waals surface area contributed by atoms with Gasteiger partial charge in [0.25, 0.3) is 0 Å². The van der Waals surface area contributed by atoms with E-state index < -0.39 is 0 Å². The Bertz CT molecular complexity index is 695. The predicted molar refractivity (Wildman–Crippen MR) is 81.0 cm³/mol. The van der Waals surface area contributed by atoms with Crippen LogP contribution in [0.5, 0.6) is 0 Å². The first kappa shape index (κ1) is 13.3. The van der Waals surface area contributed by atoms with Gasteiger partial charge in [-0.25, -0.2) is 9.97 Å². The first-order valence-electron chi connectivity index (χ1n) is 6.85. The van der Waals surface area contributed by atoms with Gasteiger partial charge in [-0.3, -0.25) is 4.40 Å². The third-order valence-corrected chi connectivity index (χ3v) is 4.41. The lowest BCUT2D eigenvalue weighted by Gasteiger charge is -2.14. The van der Waals surface area contributed by atoms with Crippen LogP contribution in [0.2, 0.25) is 0 Å². The summed E-state index contributed by atoms with van der Waals surface area (Å²) in [5, 5.41) is 3.57. The monoisotopic (exact) mass is 289 g/mol. The van der Waals surface area contributed by atoms with Crippen LogP contribution in [0.4, 0.5) is 0 Å². The molecular formula is C14H19N5S. The van der Waals surface area contributed by atoms with Crippen molar-refractivity contribution in [1.29, 1.82) is 0 Å². The number of aromatic amines is 1. The number of thiazole rings is 1. The van der Waals surface area contributed by atoms with Gasteiger partial charge in [-0.2, -0.15) is 0 Å². The summed E-state index contributed by atoms with van der Waals surface area (Å²) in [6.45, 7) is 7.14. The number of nitrogens with zero attached hydrogens (tertiary/aromatic N) is 3. The number of aryl methyl sites for hydroxylation is 2. The van der Waals surface area contributed by atoms with Crippen molar-refractivity contribution in [3.8, 4) is 0 Å². The molecule has 3 aromatic heterocycles. The van der Waals surface area contributed by atoms with Crippen molar-refractivity contribution in [2.45, 2.75) is 39.8 Å². The summed E-state index contributed by atoms with van der Waals surface area (Å²) in [7, 11) is 0. The van der Waals surface area contributed by atoms with Gasteiger partial charge in [0, 0.05) is 30.0 Å². The van der Waals surface area contributed by atoms with Gasteiger partial charge >= 0.3 is 0 Å². The van der Waals surface area contributed by atoms with Crippen molar-refractivity contribution in [3.63, 3.8) is 0 Å². The van der Waals surface area contributed by atoms with E-state index in [-0.39, 0.29) is 6.04 Å². The Morgan fingerprint density at radius 3 is 3.00 bits per heavy atom. The molecule has 0 saturated carbocycles. The topological polar surface area (TPSA) is 58.0 Å². The molecular weight excluding hydrogens is 270 g/mol. The van der Waals surface area contributed by atoms with Crippen LogP contribution in [0.15, 0.2) is 18.6 Å². The van der Waals surface area contributed by atoms with Crippen molar-refractivity contribution in [2.75, 3.05) is 0 Å². The zero-order valence-corrected chi connectivity index (χ0v) is 12.8. The third kappa shape index (κ3) is 2.36. The second-order valence-electron chi connectivity index (χ2n) is 4.95. The predicted octanol–water partition coefficient (Wildman–Crippen LogP) is 2.98. The summed E-state index contributed by atoms with van der Waals surface area (Å²) in [4.78, 5) is 14.5. The molecule has 1 unspecified atom stereocenters. The fourth-order valence-electron chi connectivity index (χ4n) is 2.44. The fraction of sp³-hybridized carbons (Fsp3) is 0.429. The lowest BCUT2D eigenvalue weighted by Crippen LogP contribution is -2.22. The van der Waals surface area contributed by atoms with Gasteiger partial charge in [-0.15, -0.1) is 11.3 Å². The van der Waals surface area contributed by atoms with E-state index in [0.717, 1.165) is 29.4 Å². The van der Waals surface area contributed by atoms with Crippen molar-refractivity contribution < 1.29 is 0 Å². The molecule has 0 saturated heterocycles. The van der Waals surface area contributed by atoms with Gasteiger partial charge in [0.1, 0.15) is 5.82 Å². The number of hydrogen-bond donors (Lipinski definition) is 2. The fourth-order valence-corrected chi connectivity index (χ4v) is 3.33. The Morgan fingerprint density at radius 2 is 2.30 bits per heavy atom. The van der Waals surface area contributed by atoms with Gasteiger partial charge < -0.3 is 10.3 Å². The third-order valence-electron chi connectivity index (χ3n) is 3.51. The molecule has 2 N–H and O–H groups in total. The minimum Gasteiger partial charge on any atom is -0.347 e. The van der Waals surface area contributed by atoms with Gasteiger partial charge in [0.2, 0.25) is 0 Å². The van der Waals surface area contributed by atoms with Crippen molar-refractivity contribution in [2.24, 2.45) is 0 Å². The summed E-state index contributed by atoms with van der Waals surface area (Å²) >= 11 is 1.73. The average Bonchev–Trinajstić information content (AvgIpc) is 3.09. The molecule has 106 valence electrons. The molecule has 0 aliphatic carbocycles. The number of H-pyrrole nitrogens is 1. The Hall–Kier alpha value is -1.66. The van der Waals surface area contributed by atoms with E-state index in [1.807, 2.05) is 6.20 Å². The zero-order chi connectivity index (χ0) is 14.1. The zero-order valence-electron chi connectivity index (χ0n) is 12.0. The molecule has 0 aromatic carbocycles. The lowest BCUT2D eigenvalue weighted by molar-refractivity contribution is 0.492. The molecule has 20 heavy (non-hydrogen) atoms. The summed E-state index contributed by atoms with van der Waals surface area (Å²) in [5.74, 6) is 0.993. The SMILES string of the molecule is CCC(NCc1c(C)nc2sc(C)cn12)c1ncc[nH]1. The van der Waals surface area contributed by atoms with E-state index in [4.69, 9.17) is 0 Å². The van der Waals surface area contributed by atoms with Crippen LogP contribution in [-0.4, -0.2) is 19.4 Å². The Kier molecular flexibility index (Phi) is 3.58. The summed E-state index contributed by atoms with van der Waals surface area (Å²) in [5.41, 5.74) is 2.33. The number of hydrogen-bond acceptors (Lipinski definition) is 4. The maximum Gasteiger partial charge on any atom is 0.194 e. The minimum absolute atomic E-state index is 0.245. The highest BCUT2D eigenvalue weighted by Gasteiger charge is 2.15. The summed E-state index contributed by atoms with van der Waals surface area (Å²) in [6.07, 6.45) is 6.82. The molecule has 0 bridgehead atoms. The van der Waals surface area contributed by atoms with Crippen LogP contribution in [-0.2, 0) is 6.54 Å². The second kappa shape index (κ2) is 5.38. The van der Waals surface area contributed by atoms with Crippen LogP contribution >= 0.6 is 11.3 Å². The van der Waals surface area contributed by atoms with E-state index in [2.05, 4.69) is 51.6 Å². The van der Waals surface area contributed by atoms with Crippen LogP contribution < -0.4 is 5.32 Å². The van der Waals surface area contributed by atoms with E-state index in [9.17, 15) is 0 Å². The minimum atomic E-state index is 0.245. The molecule has 3 aromatic rings. The van der Waals surface area contributed by atoms with Crippen molar-refractivity contribution in [3.05, 3.63) is 40.7 Å². The molecule has 3 rings (SSSR count). The van der Waals surface area contributed by atoms with Crippen LogP contribution in [0.25, 0.3) is 4.96 Å². The quantitative estimate of drug-likeness (QED) is 0.759. The number of rotatable bonds is 5. The highest BCUT2D eigenvalue weighted by atomic mass is 32.1. The van der Waals surface area contributed by atoms with E-state index in [1.54, 1.807) is 17.5 Å². The smallest absolute Gasteiger partial charge is 0.194 e. The summed E-state index contributed by atoms with van der Waals surface area (Å²) in [6, 6.07) is 0.245. The Labute approximate surface area is 122 Å². The van der Waals surface area contributed by atoms with Gasteiger partial charge in [0.15, 0.2) is 4.96 Å². The van der Waals surface area contributed by atoms with E-state index in [1.165, 1.54) is 10.6 Å². The second-order valence-corrected chi connectivity index (χ2v) is 6.17. The highest BCUT2D eigenvalue weighted by Crippen LogP contribution is 2.21. The first-order valence-corrected chi connectivity index (χ1v) is 7.67. The maximum absolute atomic E-state index is 4.62. The van der Waals surface area contributed by atoms with Gasteiger partial charge in [-0.05, 0) is 20.3 Å². The molecule has 0 amide bonds. The molecule has 1 atom stereocenters. The van der Waals surface area contributed by atoms with Crippen molar-refractivity contribution in [1.82, 2.24) is 24.7 Å². The van der Waals surface area contributed by atoms with Crippen molar-refractivity contribution >= 4 is 16.3 Å². The molecule has 5 nitrogen and oxygen atoms in total. The number of aromatic nitrogens is 4.